The van der Waals surface area contributed by atoms with Crippen LogP contribution in [0.15, 0.2) is 6.20 Å². The van der Waals surface area contributed by atoms with Crippen molar-refractivity contribution in [1.82, 2.24) is 9.78 Å². The van der Waals surface area contributed by atoms with Gasteiger partial charge < -0.3 is 5.32 Å². The van der Waals surface area contributed by atoms with E-state index < -0.39 is 9.84 Å². The van der Waals surface area contributed by atoms with Crippen LogP contribution >= 0.6 is 0 Å². The topological polar surface area (TPSA) is 64.0 Å². The first-order valence-electron chi connectivity index (χ1n) is 5.95. The van der Waals surface area contributed by atoms with Crippen LogP contribution in [0.2, 0.25) is 0 Å². The van der Waals surface area contributed by atoms with Gasteiger partial charge in [-0.2, -0.15) is 5.10 Å². The number of hydrogen-bond acceptors (Lipinski definition) is 4. The Morgan fingerprint density at radius 3 is 2.65 bits per heavy atom. The number of aryl methyl sites for hydroxylation is 2. The summed E-state index contributed by atoms with van der Waals surface area (Å²) >= 11 is 0. The third-order valence-corrected chi connectivity index (χ3v) is 4.34. The zero-order valence-electron chi connectivity index (χ0n) is 10.7. The number of nitrogens with one attached hydrogen (secondary N) is 1. The molecule has 0 saturated heterocycles. The molecule has 6 heteroatoms. The SMILES string of the molecule is CCCS(=O)(=O)CCNc1cn(C)nc1CC. The summed E-state index contributed by atoms with van der Waals surface area (Å²) in [6.45, 7) is 4.35. The lowest BCUT2D eigenvalue weighted by Gasteiger charge is -2.05. The van der Waals surface area contributed by atoms with Gasteiger partial charge in [0.2, 0.25) is 0 Å². The maximum Gasteiger partial charge on any atom is 0.152 e. The van der Waals surface area contributed by atoms with Gasteiger partial charge in [0.15, 0.2) is 9.84 Å². The summed E-state index contributed by atoms with van der Waals surface area (Å²) in [5.74, 6) is 0.446. The van der Waals surface area contributed by atoms with Crippen LogP contribution in [0, 0.1) is 0 Å². The highest BCUT2D eigenvalue weighted by molar-refractivity contribution is 7.91. The lowest BCUT2D eigenvalue weighted by molar-refractivity contribution is 0.595. The summed E-state index contributed by atoms with van der Waals surface area (Å²) in [5.41, 5.74) is 1.90. The fourth-order valence-corrected chi connectivity index (χ4v) is 2.94. The van der Waals surface area contributed by atoms with E-state index in [1.165, 1.54) is 0 Å². The van der Waals surface area contributed by atoms with Crippen molar-refractivity contribution in [2.24, 2.45) is 7.05 Å². The summed E-state index contributed by atoms with van der Waals surface area (Å²) in [4.78, 5) is 0. The summed E-state index contributed by atoms with van der Waals surface area (Å²) in [6, 6.07) is 0. The first-order valence-corrected chi connectivity index (χ1v) is 7.77. The monoisotopic (exact) mass is 259 g/mol. The molecule has 0 aliphatic heterocycles. The minimum absolute atomic E-state index is 0.179. The first-order chi connectivity index (χ1) is 7.98. The molecule has 1 aromatic heterocycles. The van der Waals surface area contributed by atoms with Gasteiger partial charge in [-0.3, -0.25) is 4.68 Å². The molecule has 0 unspecified atom stereocenters. The number of anilines is 1. The summed E-state index contributed by atoms with van der Waals surface area (Å²) in [5, 5.41) is 7.42. The third kappa shape index (κ3) is 4.38. The second-order valence-corrected chi connectivity index (χ2v) is 6.40. The minimum Gasteiger partial charge on any atom is -0.381 e. The molecule has 1 aromatic rings. The second kappa shape index (κ2) is 6.05. The Balaban J connectivity index is 2.51. The van der Waals surface area contributed by atoms with Crippen LogP contribution < -0.4 is 5.32 Å². The lowest BCUT2D eigenvalue weighted by atomic mass is 10.3. The number of hydrogen-bond donors (Lipinski definition) is 1. The number of rotatable bonds is 7. The molecule has 1 N–H and O–H groups in total. The molecule has 17 heavy (non-hydrogen) atoms. The van der Waals surface area contributed by atoms with Crippen molar-refractivity contribution in [3.63, 3.8) is 0 Å². The first kappa shape index (κ1) is 14.0. The van der Waals surface area contributed by atoms with E-state index in [1.807, 2.05) is 27.1 Å². The Morgan fingerprint density at radius 2 is 2.06 bits per heavy atom. The molecule has 1 rings (SSSR count). The van der Waals surface area contributed by atoms with E-state index in [1.54, 1.807) is 4.68 Å². The van der Waals surface area contributed by atoms with Crippen molar-refractivity contribution in [3.05, 3.63) is 11.9 Å². The Morgan fingerprint density at radius 1 is 1.35 bits per heavy atom. The van der Waals surface area contributed by atoms with Crippen LogP contribution in [0.4, 0.5) is 5.69 Å². The molecule has 0 bridgehead atoms. The van der Waals surface area contributed by atoms with Gasteiger partial charge >= 0.3 is 0 Å². The van der Waals surface area contributed by atoms with Crippen LogP contribution in [0.5, 0.6) is 0 Å². The molecule has 0 aliphatic carbocycles. The van der Waals surface area contributed by atoms with Crippen LogP contribution in [-0.4, -0.2) is 36.2 Å². The second-order valence-electron chi connectivity index (χ2n) is 4.10. The predicted octanol–water partition coefficient (Wildman–Crippen LogP) is 1.22. The highest BCUT2D eigenvalue weighted by atomic mass is 32.2. The van der Waals surface area contributed by atoms with Crippen molar-refractivity contribution in [2.75, 3.05) is 23.4 Å². The van der Waals surface area contributed by atoms with Crippen molar-refractivity contribution in [3.8, 4) is 0 Å². The van der Waals surface area contributed by atoms with Crippen LogP contribution in [0.1, 0.15) is 26.0 Å². The Kier molecular flexibility index (Phi) is 4.99. The highest BCUT2D eigenvalue weighted by Gasteiger charge is 2.10. The van der Waals surface area contributed by atoms with Crippen molar-refractivity contribution < 1.29 is 8.42 Å². The fraction of sp³-hybridized carbons (Fsp3) is 0.727. The van der Waals surface area contributed by atoms with Crippen LogP contribution in [0.25, 0.3) is 0 Å². The largest absolute Gasteiger partial charge is 0.381 e. The van der Waals surface area contributed by atoms with Crippen molar-refractivity contribution >= 4 is 15.5 Å². The zero-order valence-corrected chi connectivity index (χ0v) is 11.5. The smallest absolute Gasteiger partial charge is 0.152 e. The Bertz CT molecular complexity index is 451. The minimum atomic E-state index is -2.90. The molecule has 0 spiro atoms. The number of nitrogens with zero attached hydrogens (tertiary/aromatic N) is 2. The average Bonchev–Trinajstić information content (AvgIpc) is 2.58. The van der Waals surface area contributed by atoms with E-state index in [2.05, 4.69) is 10.4 Å². The molecular weight excluding hydrogens is 238 g/mol. The molecule has 0 fully saturated rings. The molecule has 0 atom stereocenters. The highest BCUT2D eigenvalue weighted by Crippen LogP contribution is 2.13. The molecule has 98 valence electrons. The Labute approximate surface area is 103 Å². The summed E-state index contributed by atoms with van der Waals surface area (Å²) < 4.78 is 24.8. The normalized spacial score (nSPS) is 11.7. The van der Waals surface area contributed by atoms with E-state index >= 15 is 0 Å². The molecule has 0 aliphatic rings. The van der Waals surface area contributed by atoms with E-state index in [0.717, 1.165) is 17.8 Å². The number of aromatic nitrogens is 2. The molecule has 5 nitrogen and oxygen atoms in total. The van der Waals surface area contributed by atoms with E-state index in [-0.39, 0.29) is 11.5 Å². The maximum absolute atomic E-state index is 11.5. The van der Waals surface area contributed by atoms with Crippen molar-refractivity contribution in [2.45, 2.75) is 26.7 Å². The van der Waals surface area contributed by atoms with Crippen molar-refractivity contribution in [1.29, 1.82) is 0 Å². The average molecular weight is 259 g/mol. The van der Waals surface area contributed by atoms with Gasteiger partial charge in [-0.1, -0.05) is 13.8 Å². The standard InChI is InChI=1S/C11H21N3O2S/c1-4-7-17(15,16)8-6-12-11-9-14(3)13-10(11)5-2/h9,12H,4-8H2,1-3H3. The summed E-state index contributed by atoms with van der Waals surface area (Å²) in [6.07, 6.45) is 3.39. The predicted molar refractivity (Wildman–Crippen MR) is 70.0 cm³/mol. The van der Waals surface area contributed by atoms with Gasteiger partial charge in [0.25, 0.3) is 0 Å². The number of sulfone groups is 1. The fourth-order valence-electron chi connectivity index (χ4n) is 1.70. The Hall–Kier alpha value is -1.04. The lowest BCUT2D eigenvalue weighted by Crippen LogP contribution is -2.18. The zero-order chi connectivity index (χ0) is 12.9. The molecule has 0 saturated carbocycles. The van der Waals surface area contributed by atoms with Gasteiger partial charge in [-0.05, 0) is 12.8 Å². The van der Waals surface area contributed by atoms with Gasteiger partial charge in [0.1, 0.15) is 0 Å². The maximum atomic E-state index is 11.5. The van der Waals surface area contributed by atoms with Gasteiger partial charge in [-0.25, -0.2) is 8.42 Å². The molecule has 0 amide bonds. The van der Waals surface area contributed by atoms with E-state index in [4.69, 9.17) is 0 Å². The quantitative estimate of drug-likeness (QED) is 0.799. The van der Waals surface area contributed by atoms with Crippen LogP contribution in [0.3, 0.4) is 0 Å². The third-order valence-electron chi connectivity index (χ3n) is 2.48. The van der Waals surface area contributed by atoms with E-state index in [0.29, 0.717) is 13.0 Å². The van der Waals surface area contributed by atoms with Gasteiger partial charge in [-0.15, -0.1) is 0 Å². The van der Waals surface area contributed by atoms with Gasteiger partial charge in [0, 0.05) is 25.5 Å². The molecular formula is C11H21N3O2S. The van der Waals surface area contributed by atoms with Gasteiger partial charge in [0.05, 0.1) is 17.1 Å². The molecule has 0 aromatic carbocycles. The molecule has 1 heterocycles. The molecule has 0 radical (unpaired) electrons. The van der Waals surface area contributed by atoms with Crippen LogP contribution in [-0.2, 0) is 23.3 Å². The summed E-state index contributed by atoms with van der Waals surface area (Å²) in [7, 11) is -1.04. The van der Waals surface area contributed by atoms with E-state index in [9.17, 15) is 8.42 Å².